The Hall–Kier alpha value is -0.300. The Morgan fingerprint density at radius 2 is 1.88 bits per heavy atom. The van der Waals surface area contributed by atoms with E-state index in [0.717, 1.165) is 17.2 Å². The van der Waals surface area contributed by atoms with Gasteiger partial charge in [0, 0.05) is 5.33 Å². The molecule has 1 rings (SSSR count). The van der Waals surface area contributed by atoms with Crippen molar-refractivity contribution in [3.05, 3.63) is 34.9 Å². The molecule has 16 heavy (non-hydrogen) atoms. The van der Waals surface area contributed by atoms with Crippen LogP contribution in [-0.4, -0.2) is 5.33 Å². The number of halogens is 1. The fourth-order valence-electron chi connectivity index (χ4n) is 2.20. The van der Waals surface area contributed by atoms with E-state index in [1.54, 1.807) is 0 Å². The summed E-state index contributed by atoms with van der Waals surface area (Å²) in [7, 11) is 0. The largest absolute Gasteiger partial charge is 0.0925 e. The van der Waals surface area contributed by atoms with Crippen LogP contribution < -0.4 is 0 Å². The zero-order chi connectivity index (χ0) is 12.1. The highest BCUT2D eigenvalue weighted by Gasteiger charge is 2.11. The number of alkyl halides is 1. The van der Waals surface area contributed by atoms with Crippen LogP contribution in [0.3, 0.4) is 0 Å². The maximum absolute atomic E-state index is 3.64. The van der Waals surface area contributed by atoms with Gasteiger partial charge in [-0.05, 0) is 49.7 Å². The molecule has 0 aliphatic carbocycles. The molecule has 0 aliphatic rings. The molecule has 1 aromatic carbocycles. The smallest absolute Gasteiger partial charge is 0.00629 e. The maximum Gasteiger partial charge on any atom is 0.00629 e. The minimum absolute atomic E-state index is 0.764. The molecule has 1 atom stereocenters. The van der Waals surface area contributed by atoms with Crippen molar-refractivity contribution in [1.29, 1.82) is 0 Å². The monoisotopic (exact) mass is 282 g/mol. The van der Waals surface area contributed by atoms with Crippen molar-refractivity contribution in [2.75, 3.05) is 5.33 Å². The van der Waals surface area contributed by atoms with Crippen LogP contribution in [0.15, 0.2) is 18.2 Å². The second-order valence-electron chi connectivity index (χ2n) is 5.28. The van der Waals surface area contributed by atoms with E-state index in [2.05, 4.69) is 61.8 Å². The maximum atomic E-state index is 3.64. The van der Waals surface area contributed by atoms with E-state index in [4.69, 9.17) is 0 Å². The lowest BCUT2D eigenvalue weighted by atomic mass is 9.90. The summed E-state index contributed by atoms with van der Waals surface area (Å²) in [5.41, 5.74) is 4.32. The van der Waals surface area contributed by atoms with Gasteiger partial charge in [-0.2, -0.15) is 0 Å². The first-order valence-electron chi connectivity index (χ1n) is 6.15. The van der Waals surface area contributed by atoms with Gasteiger partial charge in [-0.15, -0.1) is 0 Å². The molecule has 0 aromatic heterocycles. The summed E-state index contributed by atoms with van der Waals surface area (Å²) in [6.07, 6.45) is 2.51. The molecule has 0 bridgehead atoms. The SMILES string of the molecule is Cc1ccc(C)c(CC(CBr)CC(C)C)c1. The molecule has 0 aliphatic heterocycles. The van der Waals surface area contributed by atoms with Crippen LogP contribution in [0.4, 0.5) is 0 Å². The van der Waals surface area contributed by atoms with E-state index in [1.165, 1.54) is 29.5 Å². The third-order valence-corrected chi connectivity index (χ3v) is 3.95. The van der Waals surface area contributed by atoms with Gasteiger partial charge >= 0.3 is 0 Å². The highest BCUT2D eigenvalue weighted by molar-refractivity contribution is 9.09. The zero-order valence-corrected chi connectivity index (χ0v) is 12.5. The van der Waals surface area contributed by atoms with Gasteiger partial charge in [-0.3, -0.25) is 0 Å². The predicted molar refractivity (Wildman–Crippen MR) is 76.4 cm³/mol. The second kappa shape index (κ2) is 6.44. The number of hydrogen-bond donors (Lipinski definition) is 0. The van der Waals surface area contributed by atoms with Crippen molar-refractivity contribution in [3.63, 3.8) is 0 Å². The standard InChI is InChI=1S/C15H23Br/c1-11(2)7-14(10-16)9-15-8-12(3)5-6-13(15)4/h5-6,8,11,14H,7,9-10H2,1-4H3. The Labute approximate surface area is 109 Å². The Morgan fingerprint density at radius 3 is 2.44 bits per heavy atom. The first-order valence-corrected chi connectivity index (χ1v) is 7.27. The average Bonchev–Trinajstić information content (AvgIpc) is 2.21. The fraction of sp³-hybridized carbons (Fsp3) is 0.600. The molecule has 0 saturated heterocycles. The van der Waals surface area contributed by atoms with Gasteiger partial charge in [-0.1, -0.05) is 53.5 Å². The second-order valence-corrected chi connectivity index (χ2v) is 5.93. The van der Waals surface area contributed by atoms with Crippen molar-refractivity contribution in [3.8, 4) is 0 Å². The first-order chi connectivity index (χ1) is 7.52. The molecular weight excluding hydrogens is 260 g/mol. The Kier molecular flexibility index (Phi) is 5.54. The van der Waals surface area contributed by atoms with E-state index in [1.807, 2.05) is 0 Å². The van der Waals surface area contributed by atoms with Crippen LogP contribution in [0.1, 0.15) is 37.0 Å². The van der Waals surface area contributed by atoms with Gasteiger partial charge in [-0.25, -0.2) is 0 Å². The van der Waals surface area contributed by atoms with Crippen LogP contribution in [0.25, 0.3) is 0 Å². The molecule has 0 N–H and O–H groups in total. The third-order valence-electron chi connectivity index (χ3n) is 3.04. The topological polar surface area (TPSA) is 0 Å². The summed E-state index contributed by atoms with van der Waals surface area (Å²) < 4.78 is 0. The lowest BCUT2D eigenvalue weighted by molar-refractivity contribution is 0.444. The minimum Gasteiger partial charge on any atom is -0.0925 e. The summed E-state index contributed by atoms with van der Waals surface area (Å²) in [6, 6.07) is 6.78. The van der Waals surface area contributed by atoms with Gasteiger partial charge in [0.1, 0.15) is 0 Å². The van der Waals surface area contributed by atoms with Gasteiger partial charge in [0.05, 0.1) is 0 Å². The van der Waals surface area contributed by atoms with Crippen molar-refractivity contribution < 1.29 is 0 Å². The molecule has 90 valence electrons. The zero-order valence-electron chi connectivity index (χ0n) is 10.9. The molecule has 0 nitrogen and oxygen atoms in total. The first kappa shape index (κ1) is 13.8. The lowest BCUT2D eigenvalue weighted by Crippen LogP contribution is -2.10. The summed E-state index contributed by atoms with van der Waals surface area (Å²) in [6.45, 7) is 9.00. The van der Waals surface area contributed by atoms with Gasteiger partial charge in [0.25, 0.3) is 0 Å². The number of hydrogen-bond acceptors (Lipinski definition) is 0. The summed E-state index contributed by atoms with van der Waals surface area (Å²) in [5.74, 6) is 1.55. The van der Waals surface area contributed by atoms with Gasteiger partial charge in [0.2, 0.25) is 0 Å². The van der Waals surface area contributed by atoms with Gasteiger partial charge in [0.15, 0.2) is 0 Å². The number of rotatable bonds is 5. The molecule has 1 unspecified atom stereocenters. The van der Waals surface area contributed by atoms with E-state index in [-0.39, 0.29) is 0 Å². The lowest BCUT2D eigenvalue weighted by Gasteiger charge is -2.18. The number of aryl methyl sites for hydroxylation is 2. The average molecular weight is 283 g/mol. The van der Waals surface area contributed by atoms with Gasteiger partial charge < -0.3 is 0 Å². The molecule has 0 spiro atoms. The predicted octanol–water partition coefficient (Wildman–Crippen LogP) is 4.90. The van der Waals surface area contributed by atoms with Crippen molar-refractivity contribution >= 4 is 15.9 Å². The number of benzene rings is 1. The Bertz CT molecular complexity index is 328. The summed E-state index contributed by atoms with van der Waals surface area (Å²) in [4.78, 5) is 0. The molecule has 1 heteroatoms. The van der Waals surface area contributed by atoms with Crippen LogP contribution in [0.2, 0.25) is 0 Å². The van der Waals surface area contributed by atoms with E-state index < -0.39 is 0 Å². The van der Waals surface area contributed by atoms with E-state index in [0.29, 0.717) is 0 Å². The highest BCUT2D eigenvalue weighted by Crippen LogP contribution is 2.22. The van der Waals surface area contributed by atoms with E-state index >= 15 is 0 Å². The van der Waals surface area contributed by atoms with Crippen LogP contribution in [0.5, 0.6) is 0 Å². The fourth-order valence-corrected chi connectivity index (χ4v) is 2.69. The van der Waals surface area contributed by atoms with Crippen molar-refractivity contribution in [2.24, 2.45) is 11.8 Å². The molecule has 0 saturated carbocycles. The Balaban J connectivity index is 2.73. The molecular formula is C15H23Br. The third kappa shape index (κ3) is 4.29. The summed E-state index contributed by atoms with van der Waals surface area (Å²) >= 11 is 3.64. The molecule has 0 heterocycles. The molecule has 0 radical (unpaired) electrons. The summed E-state index contributed by atoms with van der Waals surface area (Å²) in [5, 5.41) is 1.11. The van der Waals surface area contributed by atoms with Crippen molar-refractivity contribution in [1.82, 2.24) is 0 Å². The van der Waals surface area contributed by atoms with Crippen LogP contribution in [-0.2, 0) is 6.42 Å². The minimum atomic E-state index is 0.764. The quantitative estimate of drug-likeness (QED) is 0.674. The molecule has 1 aromatic rings. The molecule has 0 amide bonds. The molecule has 0 fully saturated rings. The Morgan fingerprint density at radius 1 is 1.19 bits per heavy atom. The van der Waals surface area contributed by atoms with Crippen LogP contribution >= 0.6 is 15.9 Å². The van der Waals surface area contributed by atoms with Crippen LogP contribution in [0, 0.1) is 25.7 Å². The van der Waals surface area contributed by atoms with E-state index in [9.17, 15) is 0 Å². The normalized spacial score (nSPS) is 13.1. The van der Waals surface area contributed by atoms with Crippen molar-refractivity contribution in [2.45, 2.75) is 40.5 Å². The highest BCUT2D eigenvalue weighted by atomic mass is 79.9.